The Bertz CT molecular complexity index is 720. The molecule has 0 saturated carbocycles. The predicted molar refractivity (Wildman–Crippen MR) is 69.2 cm³/mol. The molecule has 2 aromatic heterocycles. The van der Waals surface area contributed by atoms with Gasteiger partial charge in [-0.15, -0.1) is 5.10 Å². The van der Waals surface area contributed by atoms with E-state index in [1.165, 1.54) is 0 Å². The zero-order valence-corrected chi connectivity index (χ0v) is 9.83. The van der Waals surface area contributed by atoms with Gasteiger partial charge in [-0.1, -0.05) is 6.07 Å². The average Bonchev–Trinajstić information content (AvgIpc) is 2.38. The molecule has 0 aliphatic rings. The standard InChI is InChI=1S/C14H11N3O/c1-9-2-3-12(13(18)6-9)14-11-4-5-15-7-10(11)8-16-17-14/h2-8,18H,1H3. The topological polar surface area (TPSA) is 58.9 Å². The Morgan fingerprint density at radius 3 is 2.83 bits per heavy atom. The van der Waals surface area contributed by atoms with Gasteiger partial charge >= 0.3 is 0 Å². The number of phenolic OH excluding ortho intramolecular Hbond substituents is 1. The summed E-state index contributed by atoms with van der Waals surface area (Å²) in [4.78, 5) is 4.05. The Kier molecular flexibility index (Phi) is 2.41. The highest BCUT2D eigenvalue weighted by Crippen LogP contribution is 2.32. The highest BCUT2D eigenvalue weighted by atomic mass is 16.3. The molecule has 2 heterocycles. The van der Waals surface area contributed by atoms with Crippen molar-refractivity contribution in [1.82, 2.24) is 15.2 Å². The fourth-order valence-electron chi connectivity index (χ4n) is 1.97. The second-order valence-electron chi connectivity index (χ2n) is 4.18. The predicted octanol–water partition coefficient (Wildman–Crippen LogP) is 2.71. The van der Waals surface area contributed by atoms with Gasteiger partial charge in [0.25, 0.3) is 0 Å². The monoisotopic (exact) mass is 237 g/mol. The zero-order chi connectivity index (χ0) is 12.5. The van der Waals surface area contributed by atoms with Crippen molar-refractivity contribution in [1.29, 1.82) is 0 Å². The van der Waals surface area contributed by atoms with E-state index in [0.29, 0.717) is 11.3 Å². The van der Waals surface area contributed by atoms with Gasteiger partial charge in [0.2, 0.25) is 0 Å². The van der Waals surface area contributed by atoms with E-state index in [1.54, 1.807) is 24.7 Å². The van der Waals surface area contributed by atoms with Crippen molar-refractivity contribution >= 4 is 10.8 Å². The molecule has 0 radical (unpaired) electrons. The van der Waals surface area contributed by atoms with E-state index in [2.05, 4.69) is 15.2 Å². The number of benzene rings is 1. The third-order valence-corrected chi connectivity index (χ3v) is 2.87. The van der Waals surface area contributed by atoms with Crippen molar-refractivity contribution < 1.29 is 5.11 Å². The summed E-state index contributed by atoms with van der Waals surface area (Å²) in [6.07, 6.45) is 5.11. The van der Waals surface area contributed by atoms with Gasteiger partial charge in [0.1, 0.15) is 11.4 Å². The van der Waals surface area contributed by atoms with Gasteiger partial charge in [0.15, 0.2) is 0 Å². The third kappa shape index (κ3) is 1.68. The van der Waals surface area contributed by atoms with E-state index in [0.717, 1.165) is 16.3 Å². The molecule has 4 nitrogen and oxygen atoms in total. The molecule has 0 atom stereocenters. The van der Waals surface area contributed by atoms with Crippen molar-refractivity contribution in [2.45, 2.75) is 6.92 Å². The van der Waals surface area contributed by atoms with Gasteiger partial charge in [-0.3, -0.25) is 4.98 Å². The van der Waals surface area contributed by atoms with Crippen LogP contribution in [-0.2, 0) is 0 Å². The first-order valence-electron chi connectivity index (χ1n) is 5.61. The summed E-state index contributed by atoms with van der Waals surface area (Å²) in [6.45, 7) is 1.93. The van der Waals surface area contributed by atoms with Crippen LogP contribution in [-0.4, -0.2) is 20.3 Å². The SMILES string of the molecule is Cc1ccc(-c2nncc3cnccc23)c(O)c1. The molecule has 0 bridgehead atoms. The summed E-state index contributed by atoms with van der Waals surface area (Å²) in [5, 5.41) is 19.9. The van der Waals surface area contributed by atoms with Gasteiger partial charge in [-0.2, -0.15) is 5.10 Å². The number of fused-ring (bicyclic) bond motifs is 1. The number of aromatic nitrogens is 3. The third-order valence-electron chi connectivity index (χ3n) is 2.87. The highest BCUT2D eigenvalue weighted by Gasteiger charge is 2.10. The van der Waals surface area contributed by atoms with Crippen LogP contribution in [0, 0.1) is 6.92 Å². The van der Waals surface area contributed by atoms with E-state index in [4.69, 9.17) is 0 Å². The summed E-state index contributed by atoms with van der Waals surface area (Å²) in [5.41, 5.74) is 2.36. The molecule has 1 aromatic carbocycles. The molecule has 18 heavy (non-hydrogen) atoms. The number of aromatic hydroxyl groups is 1. The lowest BCUT2D eigenvalue weighted by molar-refractivity contribution is 0.476. The van der Waals surface area contributed by atoms with Crippen LogP contribution in [0.2, 0.25) is 0 Å². The van der Waals surface area contributed by atoms with E-state index in [1.807, 2.05) is 25.1 Å². The number of hydrogen-bond donors (Lipinski definition) is 1. The van der Waals surface area contributed by atoms with Crippen molar-refractivity contribution in [3.05, 3.63) is 48.4 Å². The first-order chi connectivity index (χ1) is 8.75. The fourth-order valence-corrected chi connectivity index (χ4v) is 1.97. The molecule has 0 amide bonds. The second kappa shape index (κ2) is 4.07. The second-order valence-corrected chi connectivity index (χ2v) is 4.18. The van der Waals surface area contributed by atoms with Crippen molar-refractivity contribution in [3.8, 4) is 17.0 Å². The van der Waals surface area contributed by atoms with Crippen LogP contribution < -0.4 is 0 Å². The maximum absolute atomic E-state index is 10.0. The highest BCUT2D eigenvalue weighted by molar-refractivity contribution is 5.94. The van der Waals surface area contributed by atoms with E-state index in [-0.39, 0.29) is 5.75 Å². The van der Waals surface area contributed by atoms with Gasteiger partial charge in [-0.05, 0) is 30.7 Å². The first-order valence-corrected chi connectivity index (χ1v) is 5.61. The lowest BCUT2D eigenvalue weighted by Gasteiger charge is -2.07. The normalized spacial score (nSPS) is 10.7. The lowest BCUT2D eigenvalue weighted by Crippen LogP contribution is -1.91. The molecular weight excluding hydrogens is 226 g/mol. The smallest absolute Gasteiger partial charge is 0.125 e. The molecule has 0 aliphatic carbocycles. The van der Waals surface area contributed by atoms with Crippen molar-refractivity contribution in [3.63, 3.8) is 0 Å². The molecule has 0 unspecified atom stereocenters. The Balaban J connectivity index is 2.31. The zero-order valence-electron chi connectivity index (χ0n) is 9.83. The first kappa shape index (κ1) is 10.7. The van der Waals surface area contributed by atoms with Crippen molar-refractivity contribution in [2.75, 3.05) is 0 Å². The van der Waals surface area contributed by atoms with Crippen LogP contribution in [0.4, 0.5) is 0 Å². The Morgan fingerprint density at radius 2 is 2.00 bits per heavy atom. The van der Waals surface area contributed by atoms with E-state index >= 15 is 0 Å². The molecule has 88 valence electrons. The van der Waals surface area contributed by atoms with Gasteiger partial charge in [0, 0.05) is 28.7 Å². The van der Waals surface area contributed by atoms with E-state index < -0.39 is 0 Å². The minimum Gasteiger partial charge on any atom is -0.507 e. The van der Waals surface area contributed by atoms with Gasteiger partial charge in [0.05, 0.1) is 6.20 Å². The molecule has 0 saturated heterocycles. The number of hydrogen-bond acceptors (Lipinski definition) is 4. The summed E-state index contributed by atoms with van der Waals surface area (Å²) in [7, 11) is 0. The fraction of sp³-hybridized carbons (Fsp3) is 0.0714. The van der Waals surface area contributed by atoms with Crippen molar-refractivity contribution in [2.24, 2.45) is 0 Å². The number of rotatable bonds is 1. The summed E-state index contributed by atoms with van der Waals surface area (Å²) < 4.78 is 0. The minimum absolute atomic E-state index is 0.216. The Hall–Kier alpha value is -2.49. The summed E-state index contributed by atoms with van der Waals surface area (Å²) in [5.74, 6) is 0.216. The van der Waals surface area contributed by atoms with Gasteiger partial charge < -0.3 is 5.11 Å². The summed E-state index contributed by atoms with van der Waals surface area (Å²) >= 11 is 0. The lowest BCUT2D eigenvalue weighted by atomic mass is 10.0. The van der Waals surface area contributed by atoms with Crippen LogP contribution in [0.5, 0.6) is 5.75 Å². The molecule has 3 aromatic rings. The Morgan fingerprint density at radius 1 is 1.11 bits per heavy atom. The van der Waals surface area contributed by atoms with Crippen LogP contribution >= 0.6 is 0 Å². The van der Waals surface area contributed by atoms with Crippen LogP contribution in [0.15, 0.2) is 42.9 Å². The average molecular weight is 237 g/mol. The largest absolute Gasteiger partial charge is 0.507 e. The number of phenols is 1. The summed E-state index contributed by atoms with van der Waals surface area (Å²) in [6, 6.07) is 7.39. The molecule has 3 rings (SSSR count). The molecule has 0 fully saturated rings. The number of aryl methyl sites for hydroxylation is 1. The van der Waals surface area contributed by atoms with Gasteiger partial charge in [-0.25, -0.2) is 0 Å². The maximum atomic E-state index is 10.0. The quantitative estimate of drug-likeness (QED) is 0.707. The molecule has 0 spiro atoms. The molecule has 0 aliphatic heterocycles. The number of nitrogens with zero attached hydrogens (tertiary/aromatic N) is 3. The molecular formula is C14H11N3O. The van der Waals surface area contributed by atoms with Crippen LogP contribution in [0.25, 0.3) is 22.0 Å². The van der Waals surface area contributed by atoms with Crippen LogP contribution in [0.3, 0.4) is 0 Å². The molecule has 4 heteroatoms. The Labute approximate surface area is 104 Å². The molecule has 1 N–H and O–H groups in total. The van der Waals surface area contributed by atoms with Crippen LogP contribution in [0.1, 0.15) is 5.56 Å². The minimum atomic E-state index is 0.216. The number of pyridine rings is 1. The maximum Gasteiger partial charge on any atom is 0.125 e. The van der Waals surface area contributed by atoms with E-state index in [9.17, 15) is 5.11 Å².